The Labute approximate surface area is 254 Å². The minimum absolute atomic E-state index is 0.0138. The second-order valence-corrected chi connectivity index (χ2v) is 10.1. The van der Waals surface area contributed by atoms with Crippen LogP contribution in [0, 0.1) is 0 Å². The Bertz CT molecular complexity index is 1570. The van der Waals surface area contributed by atoms with Crippen molar-refractivity contribution in [2.75, 3.05) is 30.5 Å². The van der Waals surface area contributed by atoms with Gasteiger partial charge in [-0.2, -0.15) is 9.97 Å². The number of benzene rings is 2. The number of nitrogens with zero attached hydrogens (tertiary/aromatic N) is 5. The zero-order valence-electron chi connectivity index (χ0n) is 24.8. The monoisotopic (exact) mass is 603 g/mol. The predicted molar refractivity (Wildman–Crippen MR) is 167 cm³/mol. The van der Waals surface area contributed by atoms with E-state index in [-0.39, 0.29) is 30.2 Å². The van der Waals surface area contributed by atoms with Crippen molar-refractivity contribution >= 4 is 46.5 Å². The maximum atomic E-state index is 12.4. The number of nitrogens with one attached hydrogen (secondary N) is 2. The van der Waals surface area contributed by atoms with Crippen LogP contribution in [0.2, 0.25) is 0 Å². The Balaban J connectivity index is 0.000000404. The molecule has 8 N–H and O–H groups in total. The van der Waals surface area contributed by atoms with Gasteiger partial charge in [-0.15, -0.1) is 0 Å². The number of amides is 1. The Hall–Kier alpha value is -5.37. The number of fused-ring (bicyclic) bond motifs is 1. The lowest BCUT2D eigenvalue weighted by Crippen LogP contribution is -2.41. The van der Waals surface area contributed by atoms with E-state index in [1.54, 1.807) is 18.3 Å². The molecule has 0 saturated heterocycles. The van der Waals surface area contributed by atoms with Crippen LogP contribution in [0.3, 0.4) is 0 Å². The van der Waals surface area contributed by atoms with Crippen LogP contribution in [0.15, 0.2) is 60.8 Å². The third-order valence-corrected chi connectivity index (χ3v) is 6.60. The topological polar surface area (TPSA) is 223 Å². The summed E-state index contributed by atoms with van der Waals surface area (Å²) in [6.45, 7) is 2.56. The highest BCUT2D eigenvalue weighted by Crippen LogP contribution is 2.19. The van der Waals surface area contributed by atoms with Crippen molar-refractivity contribution in [3.8, 4) is 0 Å². The van der Waals surface area contributed by atoms with E-state index in [0.29, 0.717) is 29.4 Å². The van der Waals surface area contributed by atoms with E-state index in [1.807, 2.05) is 25.1 Å². The zero-order valence-corrected chi connectivity index (χ0v) is 24.8. The van der Waals surface area contributed by atoms with E-state index in [9.17, 15) is 19.5 Å². The number of aromatic nitrogens is 4. The number of nitrogens with two attached hydrogens (primary N) is 2. The first kappa shape index (κ1) is 33.1. The summed E-state index contributed by atoms with van der Waals surface area (Å²) in [4.78, 5) is 52.7. The van der Waals surface area contributed by atoms with Crippen LogP contribution in [0.4, 0.5) is 17.5 Å². The largest absolute Gasteiger partial charge is 0.481 e. The van der Waals surface area contributed by atoms with Crippen LogP contribution in [0.25, 0.3) is 11.2 Å². The number of rotatable bonds is 12. The molecule has 2 atom stereocenters. The van der Waals surface area contributed by atoms with Crippen LogP contribution in [0.1, 0.15) is 41.4 Å². The number of anilines is 3. The molecule has 4 aromatic rings. The van der Waals surface area contributed by atoms with Gasteiger partial charge in [0.05, 0.1) is 18.4 Å². The minimum Gasteiger partial charge on any atom is -0.481 e. The molecule has 0 spiro atoms. The molecule has 0 aliphatic carbocycles. The van der Waals surface area contributed by atoms with E-state index < -0.39 is 23.9 Å². The predicted octanol–water partition coefficient (Wildman–Crippen LogP) is 2.11. The molecule has 4 rings (SSSR count). The normalized spacial score (nSPS) is 12.0. The summed E-state index contributed by atoms with van der Waals surface area (Å²) in [7, 11) is 3.81. The van der Waals surface area contributed by atoms with Crippen molar-refractivity contribution in [2.24, 2.45) is 0 Å². The van der Waals surface area contributed by atoms with Gasteiger partial charge in [0.25, 0.3) is 5.91 Å². The quantitative estimate of drug-likeness (QED) is 0.137. The van der Waals surface area contributed by atoms with Gasteiger partial charge in [0.1, 0.15) is 6.04 Å². The van der Waals surface area contributed by atoms with Crippen LogP contribution < -0.4 is 27.0 Å². The molecule has 0 saturated carbocycles. The number of nitrogen functional groups attached to an aromatic ring is 2. The van der Waals surface area contributed by atoms with Gasteiger partial charge in [-0.05, 0) is 56.6 Å². The summed E-state index contributed by atoms with van der Waals surface area (Å²) in [5.41, 5.74) is 15.1. The van der Waals surface area contributed by atoms with Crippen molar-refractivity contribution in [3.05, 3.63) is 77.6 Å². The lowest BCUT2D eigenvalue weighted by Gasteiger charge is -2.19. The van der Waals surface area contributed by atoms with Crippen LogP contribution >= 0.6 is 0 Å². The van der Waals surface area contributed by atoms with Gasteiger partial charge in [-0.25, -0.2) is 14.8 Å². The summed E-state index contributed by atoms with van der Waals surface area (Å²) >= 11 is 0. The van der Waals surface area contributed by atoms with Gasteiger partial charge < -0.3 is 37.2 Å². The molecule has 1 amide bonds. The Morgan fingerprint density at radius 2 is 1.66 bits per heavy atom. The highest BCUT2D eigenvalue weighted by atomic mass is 16.4. The Morgan fingerprint density at radius 3 is 2.27 bits per heavy atom. The first-order chi connectivity index (χ1) is 21.0. The van der Waals surface area contributed by atoms with E-state index >= 15 is 0 Å². The molecule has 0 fully saturated rings. The van der Waals surface area contributed by atoms with Crippen LogP contribution in [-0.2, 0) is 22.6 Å². The minimum atomic E-state index is -1.30. The fraction of sp³-hybridized carbons (Fsp3) is 0.300. The summed E-state index contributed by atoms with van der Waals surface area (Å²) in [6.07, 6.45) is 2.07. The molecule has 232 valence electrons. The molecule has 0 bridgehead atoms. The van der Waals surface area contributed by atoms with Gasteiger partial charge in [0.2, 0.25) is 5.95 Å². The fourth-order valence-corrected chi connectivity index (χ4v) is 4.10. The summed E-state index contributed by atoms with van der Waals surface area (Å²) in [5.74, 6) is -2.91. The first-order valence-corrected chi connectivity index (χ1v) is 13.8. The smallest absolute Gasteiger partial charge is 0.326 e. The van der Waals surface area contributed by atoms with Crippen LogP contribution in [0.5, 0.6) is 0 Å². The van der Waals surface area contributed by atoms with Gasteiger partial charge >= 0.3 is 11.9 Å². The molecule has 2 heterocycles. The molecule has 0 aliphatic rings. The molecule has 2 aromatic heterocycles. The Kier molecular flexibility index (Phi) is 11.9. The molecule has 44 heavy (non-hydrogen) atoms. The third-order valence-electron chi connectivity index (χ3n) is 6.60. The standard InChI is InChI=1S/C20H22N8O5.C10H15N/c1-28(9-11-8-23-17-15(24-11)16(21)26-20(22)27-17)12-4-2-10(3-5-12)18(31)25-13(19(32)33)6-7-14(29)30;1-9(11-2)8-10-6-4-3-5-7-10/h2-5,8,13H,6-7,9H2,1H3,(H,25,31)(H,29,30)(H,32,33)(H4,21,22,23,26,27);3-7,9,11H,8H2,1-2H3/t13-;9-/m00/s1. The third kappa shape index (κ3) is 9.87. The van der Waals surface area contributed by atoms with E-state index in [1.165, 1.54) is 17.7 Å². The highest BCUT2D eigenvalue weighted by molar-refractivity contribution is 5.97. The van der Waals surface area contributed by atoms with E-state index in [0.717, 1.165) is 12.1 Å². The van der Waals surface area contributed by atoms with Gasteiger partial charge in [-0.1, -0.05) is 30.3 Å². The van der Waals surface area contributed by atoms with Crippen molar-refractivity contribution in [3.63, 3.8) is 0 Å². The summed E-state index contributed by atoms with van der Waals surface area (Å²) in [6, 6.07) is 16.3. The van der Waals surface area contributed by atoms with Crippen molar-refractivity contribution in [2.45, 2.75) is 44.8 Å². The maximum Gasteiger partial charge on any atom is 0.326 e. The number of carboxylic acids is 2. The number of likely N-dealkylation sites (N-methyl/N-ethyl adjacent to an activating group) is 1. The second-order valence-electron chi connectivity index (χ2n) is 10.1. The average Bonchev–Trinajstić information content (AvgIpc) is 3.00. The maximum absolute atomic E-state index is 12.4. The number of hydrogen-bond donors (Lipinski definition) is 6. The van der Waals surface area contributed by atoms with Crippen molar-refractivity contribution in [1.29, 1.82) is 0 Å². The van der Waals surface area contributed by atoms with Crippen molar-refractivity contribution < 1.29 is 24.6 Å². The summed E-state index contributed by atoms with van der Waals surface area (Å²) in [5, 5.41) is 23.5. The lowest BCUT2D eigenvalue weighted by atomic mass is 10.1. The molecular formula is C30H37N9O5. The van der Waals surface area contributed by atoms with E-state index in [4.69, 9.17) is 16.6 Å². The number of aliphatic carboxylic acids is 2. The average molecular weight is 604 g/mol. The zero-order chi connectivity index (χ0) is 32.2. The molecule has 14 heteroatoms. The number of carbonyl (C=O) groups excluding carboxylic acids is 1. The van der Waals surface area contributed by atoms with E-state index in [2.05, 4.69) is 61.8 Å². The Morgan fingerprint density at radius 1 is 0.977 bits per heavy atom. The van der Waals surface area contributed by atoms with Gasteiger partial charge in [0.15, 0.2) is 17.0 Å². The van der Waals surface area contributed by atoms with Crippen LogP contribution in [-0.4, -0.2) is 74.2 Å². The van der Waals surface area contributed by atoms with Gasteiger partial charge in [0, 0.05) is 30.8 Å². The molecule has 0 radical (unpaired) electrons. The van der Waals surface area contributed by atoms with Gasteiger partial charge in [-0.3, -0.25) is 9.59 Å². The molecular weight excluding hydrogens is 566 g/mol. The molecule has 2 aromatic carbocycles. The number of carbonyl (C=O) groups is 3. The lowest BCUT2D eigenvalue weighted by molar-refractivity contribution is -0.140. The summed E-state index contributed by atoms with van der Waals surface area (Å²) < 4.78 is 0. The highest BCUT2D eigenvalue weighted by Gasteiger charge is 2.21. The first-order valence-electron chi connectivity index (χ1n) is 13.8. The number of hydrogen-bond acceptors (Lipinski definition) is 11. The second kappa shape index (κ2) is 15.7. The molecule has 14 nitrogen and oxygen atoms in total. The number of carboxylic acid groups (broad SMARTS) is 2. The van der Waals surface area contributed by atoms with Crippen molar-refractivity contribution in [1.82, 2.24) is 30.6 Å². The molecule has 0 unspecified atom stereocenters. The SMILES string of the molecule is CN(Cc1cnc2nc(N)nc(N)c2n1)c1ccc(C(=O)N[C@@H](CCC(=O)O)C(=O)O)cc1.CN[C@@H](C)Cc1ccccc1. The molecule has 0 aliphatic heterocycles. The fourth-order valence-electron chi connectivity index (χ4n) is 4.10.